The Hall–Kier alpha value is -2.12. The molecule has 0 saturated heterocycles. The third-order valence-corrected chi connectivity index (χ3v) is 5.39. The lowest BCUT2D eigenvalue weighted by Gasteiger charge is -2.19. The quantitative estimate of drug-likeness (QED) is 0.353. The summed E-state index contributed by atoms with van der Waals surface area (Å²) in [5, 5.41) is 2.19. The van der Waals surface area contributed by atoms with Crippen LogP contribution in [0.4, 0.5) is 0 Å². The Morgan fingerprint density at radius 3 is 2.17 bits per heavy atom. The lowest BCUT2D eigenvalue weighted by molar-refractivity contribution is 0.597. The van der Waals surface area contributed by atoms with Gasteiger partial charge in [-0.1, -0.05) is 87.4 Å². The van der Waals surface area contributed by atoms with Crippen molar-refractivity contribution in [2.45, 2.75) is 26.2 Å². The first kappa shape index (κ1) is 9.89. The largest absolute Gasteiger partial charge is 0.134 e. The lowest BCUT2D eigenvalue weighted by Crippen LogP contribution is -2.10. The third kappa shape index (κ3) is 2.36. The van der Waals surface area contributed by atoms with E-state index in [0.717, 1.165) is 15.5 Å². The molecule has 4 rings (SSSR count). The summed E-state index contributed by atoms with van der Waals surface area (Å²) in [6.45, 7) is 6.55. The first-order chi connectivity index (χ1) is 13.1. The van der Waals surface area contributed by atoms with E-state index in [1.807, 2.05) is 18.2 Å². The van der Waals surface area contributed by atoms with E-state index in [4.69, 9.17) is 6.85 Å². The van der Waals surface area contributed by atoms with E-state index >= 15 is 0 Å². The Kier molecular flexibility index (Phi) is 2.24. The topological polar surface area (TPSA) is 0 Å². The van der Waals surface area contributed by atoms with E-state index in [1.165, 1.54) is 10.3 Å². The molecule has 1 heteroatoms. The fourth-order valence-electron chi connectivity index (χ4n) is 2.99. The molecule has 0 atom stereocenters. The van der Waals surface area contributed by atoms with Crippen LogP contribution >= 0.6 is 11.3 Å². The molecule has 3 aromatic carbocycles. The fraction of sp³-hybridized carbons (Fsp3) is 0.182. The molecular weight excluding hydrogens is 296 g/mol. The number of hydrogen-bond donors (Lipinski definition) is 0. The number of thiophene rings is 1. The van der Waals surface area contributed by atoms with Crippen molar-refractivity contribution >= 4 is 31.5 Å². The van der Waals surface area contributed by atoms with Crippen molar-refractivity contribution in [3.05, 3.63) is 72.2 Å². The van der Waals surface area contributed by atoms with Gasteiger partial charge in [-0.25, -0.2) is 0 Å². The maximum Gasteiger partial charge on any atom is 0.0629 e. The summed E-state index contributed by atoms with van der Waals surface area (Å²) >= 11 is 1.63. The minimum Gasteiger partial charge on any atom is -0.134 e. The molecule has 0 amide bonds. The van der Waals surface area contributed by atoms with Gasteiger partial charge in [0.2, 0.25) is 0 Å². The smallest absolute Gasteiger partial charge is 0.0629 e. The molecule has 0 N–H and O–H groups in total. The number of benzene rings is 3. The van der Waals surface area contributed by atoms with Crippen LogP contribution in [0, 0.1) is 0 Å². The summed E-state index contributed by atoms with van der Waals surface area (Å²) in [6, 6.07) is 10.8. The van der Waals surface area contributed by atoms with Crippen molar-refractivity contribution in [3.8, 4) is 11.1 Å². The first-order valence-corrected chi connectivity index (χ1v) is 8.46. The Bertz CT molecular complexity index is 1220. The van der Waals surface area contributed by atoms with Crippen LogP contribution in [-0.2, 0) is 5.41 Å². The fourth-order valence-corrected chi connectivity index (χ4v) is 4.54. The molecule has 0 unspecified atom stereocenters. The predicted octanol–water partition coefficient (Wildman–Crippen LogP) is 7.02. The van der Waals surface area contributed by atoms with Crippen LogP contribution in [0.25, 0.3) is 31.3 Å². The Morgan fingerprint density at radius 2 is 1.48 bits per heavy atom. The van der Waals surface area contributed by atoms with Crippen LogP contribution in [0.1, 0.15) is 33.2 Å². The van der Waals surface area contributed by atoms with E-state index in [9.17, 15) is 0 Å². The molecule has 0 spiro atoms. The summed E-state index contributed by atoms with van der Waals surface area (Å²) < 4.78 is 42.7. The number of fused-ring (bicyclic) bond motifs is 3. The normalized spacial score (nSPS) is 15.2. The lowest BCUT2D eigenvalue weighted by atomic mass is 9.86. The van der Waals surface area contributed by atoms with Crippen LogP contribution in [0.15, 0.2) is 66.6 Å². The third-order valence-electron chi connectivity index (χ3n) is 4.10. The van der Waals surface area contributed by atoms with Gasteiger partial charge in [-0.05, 0) is 22.1 Å². The highest BCUT2D eigenvalue weighted by atomic mass is 32.1. The van der Waals surface area contributed by atoms with Crippen molar-refractivity contribution in [1.29, 1.82) is 0 Å². The van der Waals surface area contributed by atoms with Gasteiger partial charge in [0.25, 0.3) is 0 Å². The highest BCUT2D eigenvalue weighted by molar-refractivity contribution is 7.26. The molecule has 0 saturated carbocycles. The molecule has 0 aliphatic rings. The van der Waals surface area contributed by atoms with Gasteiger partial charge in [-0.15, -0.1) is 11.3 Å². The molecule has 0 nitrogen and oxygen atoms in total. The molecule has 23 heavy (non-hydrogen) atoms. The summed E-state index contributed by atoms with van der Waals surface area (Å²) in [6.07, 6.45) is 0. The summed E-state index contributed by atoms with van der Waals surface area (Å²) in [5.74, 6) is 0. The van der Waals surface area contributed by atoms with Gasteiger partial charge in [0.15, 0.2) is 0 Å². The van der Waals surface area contributed by atoms with Crippen LogP contribution in [-0.4, -0.2) is 0 Å². The molecular formula is C22H20S. The number of rotatable bonds is 1. The monoisotopic (exact) mass is 321 g/mol. The summed E-state index contributed by atoms with van der Waals surface area (Å²) in [4.78, 5) is 0. The van der Waals surface area contributed by atoms with E-state index in [-0.39, 0.29) is 41.2 Å². The molecule has 0 radical (unpaired) electrons. The van der Waals surface area contributed by atoms with Gasteiger partial charge >= 0.3 is 0 Å². The van der Waals surface area contributed by atoms with Gasteiger partial charge in [0.1, 0.15) is 0 Å². The summed E-state index contributed by atoms with van der Waals surface area (Å²) in [7, 11) is 0. The molecule has 4 aromatic rings. The van der Waals surface area contributed by atoms with Crippen molar-refractivity contribution in [1.82, 2.24) is 0 Å². The minimum atomic E-state index is -0.364. The van der Waals surface area contributed by atoms with Gasteiger partial charge in [-0.2, -0.15) is 0 Å². The zero-order valence-corrected chi connectivity index (χ0v) is 14.2. The van der Waals surface area contributed by atoms with Gasteiger partial charge in [0, 0.05) is 20.2 Å². The maximum absolute atomic E-state index is 8.36. The molecule has 114 valence electrons. The van der Waals surface area contributed by atoms with Gasteiger partial charge in [0.05, 0.1) is 6.85 Å². The van der Waals surface area contributed by atoms with Crippen molar-refractivity contribution in [2.24, 2.45) is 0 Å². The highest BCUT2D eigenvalue weighted by Crippen LogP contribution is 2.43. The van der Waals surface area contributed by atoms with Gasteiger partial charge in [-0.3, -0.25) is 0 Å². The highest BCUT2D eigenvalue weighted by Gasteiger charge is 2.19. The standard InChI is InChI=1S/C22H20S/c1-22(2,3)19-14-8-13-18-17-12-7-11-16(20(17)23-21(18)19)15-9-5-4-6-10-15/h4-14H,1-3H3/i4D,5D,6D,9D,10D. The molecule has 0 bridgehead atoms. The molecule has 0 fully saturated rings. The average Bonchev–Trinajstić information content (AvgIpc) is 3.03. The molecule has 0 aliphatic heterocycles. The summed E-state index contributed by atoms with van der Waals surface area (Å²) in [5.41, 5.74) is 2.19. The van der Waals surface area contributed by atoms with Crippen LogP contribution in [0.2, 0.25) is 0 Å². The Balaban J connectivity index is 2.15. The maximum atomic E-state index is 8.36. The van der Waals surface area contributed by atoms with Crippen molar-refractivity contribution < 1.29 is 6.85 Å². The zero-order valence-electron chi connectivity index (χ0n) is 18.4. The zero-order chi connectivity index (χ0) is 20.4. The Morgan fingerprint density at radius 1 is 0.826 bits per heavy atom. The van der Waals surface area contributed by atoms with E-state index < -0.39 is 0 Å². The second-order valence-corrected chi connectivity index (χ2v) is 7.74. The average molecular weight is 321 g/mol. The molecule has 1 heterocycles. The molecule has 0 aliphatic carbocycles. The Labute approximate surface area is 148 Å². The van der Waals surface area contributed by atoms with E-state index in [0.29, 0.717) is 5.56 Å². The van der Waals surface area contributed by atoms with Crippen LogP contribution < -0.4 is 0 Å². The first-order valence-electron chi connectivity index (χ1n) is 10.1. The second kappa shape index (κ2) is 5.21. The number of hydrogen-bond acceptors (Lipinski definition) is 1. The van der Waals surface area contributed by atoms with Gasteiger partial charge < -0.3 is 0 Å². The SMILES string of the molecule is [2H]c1c([2H])c([2H])c(-c2cccc3c2sc2c(C(C)(C)C)cccc23)c([2H])c1[2H]. The van der Waals surface area contributed by atoms with E-state index in [1.54, 1.807) is 11.3 Å². The van der Waals surface area contributed by atoms with Crippen molar-refractivity contribution in [2.75, 3.05) is 0 Å². The van der Waals surface area contributed by atoms with Crippen LogP contribution in [0.5, 0.6) is 0 Å². The predicted molar refractivity (Wildman–Crippen MR) is 103 cm³/mol. The van der Waals surface area contributed by atoms with E-state index in [2.05, 4.69) is 39.0 Å². The minimum absolute atomic E-state index is 0.0166. The van der Waals surface area contributed by atoms with Crippen molar-refractivity contribution in [3.63, 3.8) is 0 Å². The van der Waals surface area contributed by atoms with Crippen LogP contribution in [0.3, 0.4) is 0 Å². The molecule has 1 aromatic heterocycles. The second-order valence-electron chi connectivity index (χ2n) is 6.72.